The molecule has 0 saturated heterocycles. The second-order valence-corrected chi connectivity index (χ2v) is 5.64. The summed E-state index contributed by atoms with van der Waals surface area (Å²) >= 11 is 0. The van der Waals surface area contributed by atoms with Crippen LogP contribution in [0.3, 0.4) is 0 Å². The van der Waals surface area contributed by atoms with Crippen molar-refractivity contribution in [2.24, 2.45) is 0 Å². The maximum atomic E-state index is 12.5. The van der Waals surface area contributed by atoms with E-state index in [9.17, 15) is 4.79 Å². The van der Waals surface area contributed by atoms with Gasteiger partial charge >= 0.3 is 0 Å². The van der Waals surface area contributed by atoms with E-state index in [1.165, 1.54) is 5.56 Å². The summed E-state index contributed by atoms with van der Waals surface area (Å²) in [5, 5.41) is 3.19. The third kappa shape index (κ3) is 1.66. The summed E-state index contributed by atoms with van der Waals surface area (Å²) in [7, 11) is 0. The molecule has 1 amide bonds. The van der Waals surface area contributed by atoms with Crippen LogP contribution in [0.4, 0.5) is 5.69 Å². The molecule has 2 heterocycles. The van der Waals surface area contributed by atoms with Crippen LogP contribution in [-0.4, -0.2) is 25.0 Å². The van der Waals surface area contributed by atoms with E-state index < -0.39 is 0 Å². The molecule has 3 heteroatoms. The number of hydrogen-bond acceptors (Lipinski definition) is 2. The summed E-state index contributed by atoms with van der Waals surface area (Å²) in [5.41, 5.74) is 2.36. The predicted molar refractivity (Wildman–Crippen MR) is 72.8 cm³/mol. The average Bonchev–Trinajstić information content (AvgIpc) is 2.96. The molecule has 0 fully saturated rings. The minimum absolute atomic E-state index is 0.0363. The lowest BCUT2D eigenvalue weighted by Crippen LogP contribution is -2.44. The molecular weight excluding hydrogens is 224 g/mol. The number of nitrogens with zero attached hydrogens (tertiary/aromatic N) is 1. The molecular formula is C15H18N2O. The third-order valence-electron chi connectivity index (χ3n) is 3.79. The van der Waals surface area contributed by atoms with Crippen LogP contribution in [0.5, 0.6) is 0 Å². The van der Waals surface area contributed by atoms with Gasteiger partial charge in [0.25, 0.3) is 0 Å². The maximum Gasteiger partial charge on any atom is 0.248 e. The van der Waals surface area contributed by atoms with E-state index >= 15 is 0 Å². The smallest absolute Gasteiger partial charge is 0.248 e. The van der Waals surface area contributed by atoms with Gasteiger partial charge in [-0.2, -0.15) is 0 Å². The van der Waals surface area contributed by atoms with Gasteiger partial charge in [0.05, 0.1) is 0 Å². The van der Waals surface area contributed by atoms with Gasteiger partial charge in [0.2, 0.25) is 5.91 Å². The molecule has 2 aliphatic heterocycles. The number of rotatable bonds is 1. The van der Waals surface area contributed by atoms with Gasteiger partial charge in [-0.3, -0.25) is 10.1 Å². The van der Waals surface area contributed by atoms with Gasteiger partial charge < -0.3 is 4.90 Å². The largest absolute Gasteiger partial charge is 0.310 e. The highest BCUT2D eigenvalue weighted by Crippen LogP contribution is 2.40. The van der Waals surface area contributed by atoms with Crippen molar-refractivity contribution in [1.29, 1.82) is 0 Å². The highest BCUT2D eigenvalue weighted by molar-refractivity contribution is 6.01. The summed E-state index contributed by atoms with van der Waals surface area (Å²) in [5.74, 6) is 0.154. The number of fused-ring (bicyclic) bond motifs is 1. The fourth-order valence-electron chi connectivity index (χ4n) is 2.85. The number of carbonyl (C=O) groups is 1. The molecule has 0 radical (unpaired) electrons. The average molecular weight is 242 g/mol. The summed E-state index contributed by atoms with van der Waals surface area (Å²) in [6.45, 7) is 5.93. The quantitative estimate of drug-likeness (QED) is 0.762. The van der Waals surface area contributed by atoms with Gasteiger partial charge in [-0.1, -0.05) is 44.2 Å². The van der Waals surface area contributed by atoms with Crippen LogP contribution < -0.4 is 10.2 Å². The Morgan fingerprint density at radius 1 is 1.39 bits per heavy atom. The van der Waals surface area contributed by atoms with Crippen molar-refractivity contribution in [2.45, 2.75) is 25.3 Å². The molecule has 1 unspecified atom stereocenters. The first-order valence-corrected chi connectivity index (χ1v) is 6.40. The van der Waals surface area contributed by atoms with Crippen molar-refractivity contribution in [3.05, 3.63) is 42.0 Å². The first-order valence-electron chi connectivity index (χ1n) is 6.40. The molecule has 3 rings (SSSR count). The SMILES string of the molecule is CC1(C)CN(C(=O)C2C=CCN2)c2ccccc21. The zero-order valence-corrected chi connectivity index (χ0v) is 10.8. The molecule has 0 saturated carbocycles. The standard InChI is InChI=1S/C15H18N2O/c1-15(2)10-17(13-8-4-3-6-11(13)15)14(18)12-7-5-9-16-12/h3-8,12,16H,9-10H2,1-2H3. The van der Waals surface area contributed by atoms with Gasteiger partial charge in [0, 0.05) is 24.2 Å². The Bertz CT molecular complexity index is 519. The molecule has 1 aromatic rings. The van der Waals surface area contributed by atoms with Crippen molar-refractivity contribution < 1.29 is 4.79 Å². The molecule has 94 valence electrons. The summed E-state index contributed by atoms with van der Waals surface area (Å²) in [4.78, 5) is 14.4. The second-order valence-electron chi connectivity index (χ2n) is 5.64. The fourth-order valence-corrected chi connectivity index (χ4v) is 2.85. The van der Waals surface area contributed by atoms with E-state index in [1.54, 1.807) is 0 Å². The second kappa shape index (κ2) is 3.95. The lowest BCUT2D eigenvalue weighted by atomic mass is 9.87. The highest BCUT2D eigenvalue weighted by atomic mass is 16.2. The Balaban J connectivity index is 1.96. The molecule has 0 aromatic heterocycles. The molecule has 0 spiro atoms. The van der Waals surface area contributed by atoms with Crippen LogP contribution in [0.25, 0.3) is 0 Å². The lowest BCUT2D eigenvalue weighted by Gasteiger charge is -2.23. The first kappa shape index (κ1) is 11.5. The number of nitrogens with one attached hydrogen (secondary N) is 1. The minimum Gasteiger partial charge on any atom is -0.310 e. The Morgan fingerprint density at radius 2 is 2.17 bits per heavy atom. The van der Waals surface area contributed by atoms with Crippen molar-refractivity contribution in [2.75, 3.05) is 18.0 Å². The number of anilines is 1. The number of carbonyl (C=O) groups excluding carboxylic acids is 1. The van der Waals surface area contributed by atoms with E-state index in [2.05, 4.69) is 25.2 Å². The third-order valence-corrected chi connectivity index (χ3v) is 3.79. The Morgan fingerprint density at radius 3 is 2.89 bits per heavy atom. The maximum absolute atomic E-state index is 12.5. The number of benzene rings is 1. The number of para-hydroxylation sites is 1. The monoisotopic (exact) mass is 242 g/mol. The molecule has 0 bridgehead atoms. The van der Waals surface area contributed by atoms with E-state index in [-0.39, 0.29) is 17.4 Å². The lowest BCUT2D eigenvalue weighted by molar-refractivity contribution is -0.119. The first-order chi connectivity index (χ1) is 8.59. The van der Waals surface area contributed by atoms with E-state index in [1.807, 2.05) is 35.3 Å². The zero-order chi connectivity index (χ0) is 12.8. The van der Waals surface area contributed by atoms with Crippen molar-refractivity contribution >= 4 is 11.6 Å². The van der Waals surface area contributed by atoms with E-state index in [4.69, 9.17) is 0 Å². The van der Waals surface area contributed by atoms with Crippen LogP contribution in [0.15, 0.2) is 36.4 Å². The molecule has 18 heavy (non-hydrogen) atoms. The summed E-state index contributed by atoms with van der Waals surface area (Å²) in [6.07, 6.45) is 3.96. The van der Waals surface area contributed by atoms with Gasteiger partial charge in [-0.25, -0.2) is 0 Å². The Labute approximate surface area is 107 Å². The van der Waals surface area contributed by atoms with Gasteiger partial charge in [0.15, 0.2) is 0 Å². The van der Waals surface area contributed by atoms with Gasteiger partial charge in [-0.05, 0) is 11.6 Å². The summed E-state index contributed by atoms with van der Waals surface area (Å²) in [6, 6.07) is 8.05. The van der Waals surface area contributed by atoms with Crippen molar-refractivity contribution in [3.63, 3.8) is 0 Å². The van der Waals surface area contributed by atoms with Crippen LogP contribution in [0.1, 0.15) is 19.4 Å². The number of hydrogen-bond donors (Lipinski definition) is 1. The number of amides is 1. The van der Waals surface area contributed by atoms with E-state index in [0.717, 1.165) is 18.8 Å². The molecule has 1 atom stereocenters. The molecule has 1 aromatic carbocycles. The molecule has 2 aliphatic rings. The summed E-state index contributed by atoms with van der Waals surface area (Å²) < 4.78 is 0. The van der Waals surface area contributed by atoms with Crippen LogP contribution in [-0.2, 0) is 10.2 Å². The van der Waals surface area contributed by atoms with E-state index in [0.29, 0.717) is 0 Å². The topological polar surface area (TPSA) is 32.3 Å². The zero-order valence-electron chi connectivity index (χ0n) is 10.8. The normalized spacial score (nSPS) is 24.3. The van der Waals surface area contributed by atoms with Crippen LogP contribution in [0, 0.1) is 0 Å². The van der Waals surface area contributed by atoms with Crippen molar-refractivity contribution in [1.82, 2.24) is 5.32 Å². The molecule has 3 nitrogen and oxygen atoms in total. The minimum atomic E-state index is -0.160. The highest BCUT2D eigenvalue weighted by Gasteiger charge is 2.39. The Hall–Kier alpha value is -1.61. The van der Waals surface area contributed by atoms with Crippen molar-refractivity contribution in [3.8, 4) is 0 Å². The fraction of sp³-hybridized carbons (Fsp3) is 0.400. The van der Waals surface area contributed by atoms with Crippen LogP contribution >= 0.6 is 0 Å². The van der Waals surface area contributed by atoms with Gasteiger partial charge in [0.1, 0.15) is 6.04 Å². The van der Waals surface area contributed by atoms with Gasteiger partial charge in [-0.15, -0.1) is 0 Å². The molecule has 0 aliphatic carbocycles. The predicted octanol–water partition coefficient (Wildman–Crippen LogP) is 1.84. The molecule has 1 N–H and O–H groups in total. The van der Waals surface area contributed by atoms with Crippen LogP contribution in [0.2, 0.25) is 0 Å². The Kier molecular flexibility index (Phi) is 2.52.